The first-order valence-electron chi connectivity index (χ1n) is 6.22. The van der Waals surface area contributed by atoms with Crippen molar-refractivity contribution in [2.45, 2.75) is 0 Å². The molecule has 0 aliphatic carbocycles. The van der Waals surface area contributed by atoms with E-state index in [9.17, 15) is 9.50 Å². The molecule has 2 aromatic carbocycles. The van der Waals surface area contributed by atoms with Gasteiger partial charge in [0.1, 0.15) is 5.82 Å². The Labute approximate surface area is 119 Å². The number of aliphatic imine (C=N–C) groups is 1. The first-order valence-corrected chi connectivity index (χ1v) is 6.22. The van der Waals surface area contributed by atoms with E-state index in [0.29, 0.717) is 27.7 Å². The fraction of sp³-hybridized carbons (Fsp3) is 0. The highest BCUT2D eigenvalue weighted by atomic mass is 19.1. The molecule has 0 aliphatic rings. The van der Waals surface area contributed by atoms with Gasteiger partial charge in [-0.15, -0.1) is 0 Å². The summed E-state index contributed by atoms with van der Waals surface area (Å²) in [6, 6.07) is 13.0. The lowest BCUT2D eigenvalue weighted by Gasteiger charge is -1.95. The van der Waals surface area contributed by atoms with E-state index in [1.54, 1.807) is 30.3 Å². The van der Waals surface area contributed by atoms with Crippen molar-refractivity contribution in [3.63, 3.8) is 0 Å². The van der Waals surface area contributed by atoms with Crippen molar-refractivity contribution in [3.05, 3.63) is 59.4 Å². The number of halogens is 1. The molecule has 4 nitrogen and oxygen atoms in total. The van der Waals surface area contributed by atoms with Gasteiger partial charge in [-0.3, -0.25) is 4.99 Å². The summed E-state index contributed by atoms with van der Waals surface area (Å²) in [5.74, 6) is -0.460. The van der Waals surface area contributed by atoms with Crippen LogP contribution in [0.25, 0.3) is 10.9 Å². The normalized spacial score (nSPS) is 11.0. The van der Waals surface area contributed by atoms with Gasteiger partial charge in [-0.1, -0.05) is 6.07 Å². The van der Waals surface area contributed by atoms with Gasteiger partial charge < -0.3 is 10.1 Å². The average molecular weight is 279 g/mol. The van der Waals surface area contributed by atoms with E-state index in [0.717, 1.165) is 0 Å². The summed E-state index contributed by atoms with van der Waals surface area (Å²) in [7, 11) is 0. The molecule has 0 unspecified atom stereocenters. The second-order valence-corrected chi connectivity index (χ2v) is 4.50. The smallest absolute Gasteiger partial charge is 0.198 e. The van der Waals surface area contributed by atoms with E-state index in [2.05, 4.69) is 9.98 Å². The molecular formula is C16H10FN3O. The Morgan fingerprint density at radius 1 is 1.24 bits per heavy atom. The highest BCUT2D eigenvalue weighted by Crippen LogP contribution is 2.27. The fourth-order valence-corrected chi connectivity index (χ4v) is 2.10. The van der Waals surface area contributed by atoms with Gasteiger partial charge in [0.25, 0.3) is 0 Å². The maximum atomic E-state index is 13.3. The molecule has 0 saturated heterocycles. The van der Waals surface area contributed by atoms with Gasteiger partial charge in [0.05, 0.1) is 22.9 Å². The minimum atomic E-state index is -0.386. The van der Waals surface area contributed by atoms with Crippen molar-refractivity contribution in [2.75, 3.05) is 0 Å². The van der Waals surface area contributed by atoms with Gasteiger partial charge in [0, 0.05) is 17.1 Å². The lowest BCUT2D eigenvalue weighted by molar-refractivity contribution is 0.457. The van der Waals surface area contributed by atoms with Gasteiger partial charge in [0.2, 0.25) is 0 Å². The number of fused-ring (bicyclic) bond motifs is 1. The molecule has 0 atom stereocenters. The Balaban J connectivity index is 2.05. The van der Waals surface area contributed by atoms with E-state index >= 15 is 0 Å². The predicted molar refractivity (Wildman–Crippen MR) is 78.3 cm³/mol. The molecule has 0 fully saturated rings. The number of nitrogens with one attached hydrogen (secondary N) is 1. The van der Waals surface area contributed by atoms with Crippen LogP contribution in [0.5, 0.6) is 5.88 Å². The van der Waals surface area contributed by atoms with Crippen LogP contribution in [0.3, 0.4) is 0 Å². The van der Waals surface area contributed by atoms with Crippen LogP contribution in [0.15, 0.2) is 47.5 Å². The highest BCUT2D eigenvalue weighted by Gasteiger charge is 2.09. The summed E-state index contributed by atoms with van der Waals surface area (Å²) in [5.41, 5.74) is 2.12. The van der Waals surface area contributed by atoms with Crippen molar-refractivity contribution >= 4 is 22.8 Å². The second kappa shape index (κ2) is 5.10. The summed E-state index contributed by atoms with van der Waals surface area (Å²) in [6.45, 7) is 0. The maximum absolute atomic E-state index is 13.3. The summed E-state index contributed by atoms with van der Waals surface area (Å²) in [6.07, 6.45) is 1.45. The molecule has 2 N–H and O–H groups in total. The Morgan fingerprint density at radius 3 is 2.90 bits per heavy atom. The van der Waals surface area contributed by atoms with Crippen molar-refractivity contribution in [1.82, 2.24) is 4.98 Å². The lowest BCUT2D eigenvalue weighted by atomic mass is 10.2. The number of rotatable bonds is 2. The van der Waals surface area contributed by atoms with Crippen LogP contribution in [-0.4, -0.2) is 16.3 Å². The van der Waals surface area contributed by atoms with E-state index in [1.807, 2.05) is 6.07 Å². The molecule has 21 heavy (non-hydrogen) atoms. The number of nitrogens with zero attached hydrogens (tertiary/aromatic N) is 2. The molecule has 0 aliphatic heterocycles. The lowest BCUT2D eigenvalue weighted by Crippen LogP contribution is -1.81. The monoisotopic (exact) mass is 279 g/mol. The molecule has 0 saturated carbocycles. The Bertz CT molecular complexity index is 890. The molecule has 0 radical (unpaired) electrons. The molecule has 1 heterocycles. The van der Waals surface area contributed by atoms with Crippen LogP contribution in [0.2, 0.25) is 0 Å². The maximum Gasteiger partial charge on any atom is 0.198 e. The Hall–Kier alpha value is -3.13. The minimum absolute atomic E-state index is 0.0733. The van der Waals surface area contributed by atoms with Crippen LogP contribution in [0, 0.1) is 17.1 Å². The average Bonchev–Trinajstić information content (AvgIpc) is 2.80. The number of nitriles is 1. The first-order chi connectivity index (χ1) is 10.2. The van der Waals surface area contributed by atoms with Crippen LogP contribution in [-0.2, 0) is 0 Å². The third-order valence-electron chi connectivity index (χ3n) is 3.10. The largest absolute Gasteiger partial charge is 0.494 e. The number of H-pyrrole nitrogens is 1. The van der Waals surface area contributed by atoms with Gasteiger partial charge in [-0.25, -0.2) is 4.39 Å². The SMILES string of the molecule is N#Cc1cccc(N=Cc2c(O)[nH]c3ccc(F)cc23)c1. The van der Waals surface area contributed by atoms with Crippen LogP contribution in [0.4, 0.5) is 10.1 Å². The zero-order chi connectivity index (χ0) is 14.8. The van der Waals surface area contributed by atoms with Crippen molar-refractivity contribution in [1.29, 1.82) is 5.26 Å². The first kappa shape index (κ1) is 12.9. The van der Waals surface area contributed by atoms with Crippen LogP contribution in [0.1, 0.15) is 11.1 Å². The Morgan fingerprint density at radius 2 is 2.10 bits per heavy atom. The molecule has 0 bridgehead atoms. The number of aromatic hydroxyl groups is 1. The molecule has 0 spiro atoms. The summed E-state index contributed by atoms with van der Waals surface area (Å²) in [4.78, 5) is 6.98. The highest BCUT2D eigenvalue weighted by molar-refractivity contribution is 6.02. The summed E-state index contributed by atoms with van der Waals surface area (Å²) >= 11 is 0. The summed E-state index contributed by atoms with van der Waals surface area (Å²) < 4.78 is 13.3. The van der Waals surface area contributed by atoms with Crippen LogP contribution >= 0.6 is 0 Å². The number of hydrogen-bond donors (Lipinski definition) is 2. The van der Waals surface area contributed by atoms with Crippen LogP contribution < -0.4 is 0 Å². The third-order valence-corrected chi connectivity index (χ3v) is 3.10. The number of benzene rings is 2. The van der Waals surface area contributed by atoms with Crippen molar-refractivity contribution in [2.24, 2.45) is 4.99 Å². The van der Waals surface area contributed by atoms with Crippen molar-refractivity contribution < 1.29 is 9.50 Å². The minimum Gasteiger partial charge on any atom is -0.494 e. The topological polar surface area (TPSA) is 72.2 Å². The molecular weight excluding hydrogens is 269 g/mol. The number of aromatic amines is 1. The van der Waals surface area contributed by atoms with Gasteiger partial charge in [-0.05, 0) is 36.4 Å². The van der Waals surface area contributed by atoms with Gasteiger partial charge in [0.15, 0.2) is 5.88 Å². The van der Waals surface area contributed by atoms with Crippen molar-refractivity contribution in [3.8, 4) is 11.9 Å². The Kier molecular flexibility index (Phi) is 3.13. The van der Waals surface area contributed by atoms with Gasteiger partial charge in [-0.2, -0.15) is 5.26 Å². The zero-order valence-electron chi connectivity index (χ0n) is 10.8. The molecule has 0 amide bonds. The van der Waals surface area contributed by atoms with E-state index in [-0.39, 0.29) is 11.7 Å². The number of hydrogen-bond acceptors (Lipinski definition) is 3. The molecule has 1 aromatic heterocycles. The third kappa shape index (κ3) is 2.47. The summed E-state index contributed by atoms with van der Waals surface area (Å²) in [5, 5.41) is 19.3. The fourth-order valence-electron chi connectivity index (χ4n) is 2.10. The standard InChI is InChI=1S/C16H10FN3O/c17-11-4-5-15-13(7-11)14(16(21)20-15)9-19-12-3-1-2-10(6-12)8-18/h1-7,9,20-21H. The quantitative estimate of drug-likeness (QED) is 0.703. The zero-order valence-corrected chi connectivity index (χ0v) is 10.8. The molecule has 102 valence electrons. The van der Waals surface area contributed by atoms with Gasteiger partial charge >= 0.3 is 0 Å². The van der Waals surface area contributed by atoms with E-state index in [4.69, 9.17) is 5.26 Å². The van der Waals surface area contributed by atoms with E-state index < -0.39 is 0 Å². The number of aromatic nitrogens is 1. The van der Waals surface area contributed by atoms with E-state index in [1.165, 1.54) is 18.3 Å². The molecule has 3 aromatic rings. The second-order valence-electron chi connectivity index (χ2n) is 4.50. The molecule has 5 heteroatoms. The molecule has 3 rings (SSSR count). The predicted octanol–water partition coefficient (Wildman–Crippen LogP) is 3.63.